The van der Waals surface area contributed by atoms with Gasteiger partial charge in [0.05, 0.1) is 15.8 Å². The normalized spacial score (nSPS) is 30.9. The number of hydrogen-bond donors (Lipinski definition) is 2. The van der Waals surface area contributed by atoms with Gasteiger partial charge in [-0.25, -0.2) is 13.1 Å². The Morgan fingerprint density at radius 1 is 1.19 bits per heavy atom. The number of nitro groups is 1. The van der Waals surface area contributed by atoms with E-state index in [1.165, 1.54) is 25.5 Å². The summed E-state index contributed by atoms with van der Waals surface area (Å²) in [6, 6.07) is 6.08. The Hall–Kier alpha value is -2.86. The third kappa shape index (κ3) is 3.28. The maximum absolute atomic E-state index is 13.5. The van der Waals surface area contributed by atoms with Crippen LogP contribution in [0.1, 0.15) is 38.5 Å². The van der Waals surface area contributed by atoms with Crippen molar-refractivity contribution in [1.82, 2.24) is 19.5 Å². The second-order valence-electron chi connectivity index (χ2n) is 9.40. The maximum atomic E-state index is 13.5. The summed E-state index contributed by atoms with van der Waals surface area (Å²) in [7, 11) is -2.20. The molecule has 170 valence electrons. The van der Waals surface area contributed by atoms with Crippen molar-refractivity contribution in [2.75, 3.05) is 12.4 Å². The summed E-state index contributed by atoms with van der Waals surface area (Å²) < 4.78 is 27.7. The second kappa shape index (κ2) is 7.07. The van der Waals surface area contributed by atoms with E-state index >= 15 is 0 Å². The fraction of sp³-hybridized carbons (Fsp3) is 0.550. The minimum Gasteiger partial charge on any atom is -0.390 e. The molecule has 4 saturated carbocycles. The van der Waals surface area contributed by atoms with Gasteiger partial charge in [-0.15, -0.1) is 0 Å². The predicted molar refractivity (Wildman–Crippen MR) is 113 cm³/mol. The quantitative estimate of drug-likeness (QED) is 0.495. The first-order valence-electron chi connectivity index (χ1n) is 10.6. The van der Waals surface area contributed by atoms with Crippen LogP contribution in [0.3, 0.4) is 0 Å². The first kappa shape index (κ1) is 21.0. The minimum absolute atomic E-state index is 0.0881. The number of hydrogen-bond acceptors (Lipinski definition) is 7. The van der Waals surface area contributed by atoms with Crippen LogP contribution in [0.25, 0.3) is 0 Å². The number of amides is 1. The summed E-state index contributed by atoms with van der Waals surface area (Å²) in [6.07, 6.45) is 6.29. The summed E-state index contributed by atoms with van der Waals surface area (Å²) in [5, 5.41) is 18.2. The third-order valence-corrected chi connectivity index (χ3v) is 8.76. The van der Waals surface area contributed by atoms with Gasteiger partial charge in [-0.05, 0) is 86.6 Å². The fourth-order valence-electron chi connectivity index (χ4n) is 6.41. The van der Waals surface area contributed by atoms with E-state index in [1.54, 1.807) is 16.8 Å². The number of rotatable bonds is 6. The van der Waals surface area contributed by atoms with E-state index in [2.05, 4.69) is 20.1 Å². The maximum Gasteiger partial charge on any atom is 0.490 e. The molecule has 12 heteroatoms. The highest BCUT2D eigenvalue weighted by atomic mass is 32.2. The molecule has 11 nitrogen and oxygen atoms in total. The zero-order chi connectivity index (χ0) is 22.7. The van der Waals surface area contributed by atoms with Gasteiger partial charge < -0.3 is 15.4 Å². The lowest BCUT2D eigenvalue weighted by atomic mass is 9.46. The van der Waals surface area contributed by atoms with E-state index in [4.69, 9.17) is 0 Å². The molecule has 4 aliphatic rings. The van der Waals surface area contributed by atoms with Crippen molar-refractivity contribution >= 4 is 27.6 Å². The molecule has 2 aromatic rings. The van der Waals surface area contributed by atoms with Crippen molar-refractivity contribution in [3.63, 3.8) is 0 Å². The van der Waals surface area contributed by atoms with Gasteiger partial charge in [0.1, 0.15) is 0 Å². The van der Waals surface area contributed by atoms with Gasteiger partial charge in [-0.1, -0.05) is 4.98 Å². The molecule has 0 radical (unpaired) electrons. The molecule has 6 rings (SSSR count). The summed E-state index contributed by atoms with van der Waals surface area (Å²) in [4.78, 5) is 27.9. The molecular formula is C20H24N6O5S. The highest BCUT2D eigenvalue weighted by molar-refractivity contribution is 7.89. The van der Waals surface area contributed by atoms with Crippen LogP contribution in [0.4, 0.5) is 11.6 Å². The van der Waals surface area contributed by atoms with Crippen LogP contribution < -0.4 is 10.0 Å². The largest absolute Gasteiger partial charge is 0.490 e. The molecule has 2 N–H and O–H groups in total. The monoisotopic (exact) mass is 460 g/mol. The summed E-state index contributed by atoms with van der Waals surface area (Å²) >= 11 is 0. The van der Waals surface area contributed by atoms with E-state index in [0.717, 1.165) is 32.1 Å². The van der Waals surface area contributed by atoms with Crippen LogP contribution in [0, 0.1) is 27.4 Å². The van der Waals surface area contributed by atoms with Crippen molar-refractivity contribution in [2.45, 2.75) is 49.0 Å². The molecule has 0 saturated heterocycles. The fourth-order valence-corrected chi connectivity index (χ4v) is 7.14. The van der Waals surface area contributed by atoms with Crippen LogP contribution in [0.15, 0.2) is 35.5 Å². The van der Waals surface area contributed by atoms with Gasteiger partial charge in [0.25, 0.3) is 0 Å². The highest BCUT2D eigenvalue weighted by Crippen LogP contribution is 2.64. The molecule has 4 fully saturated rings. The van der Waals surface area contributed by atoms with Crippen LogP contribution in [0.5, 0.6) is 0 Å². The van der Waals surface area contributed by atoms with Crippen LogP contribution >= 0.6 is 0 Å². The Morgan fingerprint density at radius 3 is 2.41 bits per heavy atom. The number of anilines is 1. The molecule has 0 aliphatic heterocycles. The van der Waals surface area contributed by atoms with E-state index in [0.29, 0.717) is 23.9 Å². The first-order chi connectivity index (χ1) is 15.1. The number of aromatic nitrogens is 3. The molecule has 2 unspecified atom stereocenters. The number of sulfonamides is 1. The average molecular weight is 461 g/mol. The number of benzene rings is 1. The Morgan fingerprint density at radius 2 is 1.84 bits per heavy atom. The van der Waals surface area contributed by atoms with E-state index in [-0.39, 0.29) is 10.8 Å². The Bertz CT molecular complexity index is 1180. The summed E-state index contributed by atoms with van der Waals surface area (Å²) in [5.74, 6) is 0.201. The van der Waals surface area contributed by atoms with Gasteiger partial charge in [-0.2, -0.15) is 4.68 Å². The molecule has 4 bridgehead atoms. The number of nitrogens with one attached hydrogen (secondary N) is 2. The van der Waals surface area contributed by atoms with E-state index in [1.807, 2.05) is 0 Å². The van der Waals surface area contributed by atoms with Gasteiger partial charge in [0.2, 0.25) is 22.3 Å². The molecule has 0 spiro atoms. The van der Waals surface area contributed by atoms with Crippen molar-refractivity contribution in [1.29, 1.82) is 0 Å². The predicted octanol–water partition coefficient (Wildman–Crippen LogP) is 2.03. The number of nitrogens with zero attached hydrogens (tertiary/aromatic N) is 4. The Balaban J connectivity index is 1.41. The van der Waals surface area contributed by atoms with Crippen LogP contribution in [-0.2, 0) is 20.4 Å². The van der Waals surface area contributed by atoms with Crippen molar-refractivity contribution < 1.29 is 18.1 Å². The lowest BCUT2D eigenvalue weighted by Gasteiger charge is -2.60. The molecule has 1 amide bonds. The lowest BCUT2D eigenvalue weighted by Crippen LogP contribution is -2.60. The van der Waals surface area contributed by atoms with Gasteiger partial charge >= 0.3 is 5.95 Å². The molecule has 1 aromatic carbocycles. The van der Waals surface area contributed by atoms with Gasteiger partial charge in [0, 0.05) is 10.8 Å². The summed E-state index contributed by atoms with van der Waals surface area (Å²) in [6.45, 7) is 0. The number of carbonyl (C=O) groups is 1. The topological polar surface area (TPSA) is 149 Å². The molecule has 32 heavy (non-hydrogen) atoms. The first-order valence-corrected chi connectivity index (χ1v) is 12.0. The lowest BCUT2D eigenvalue weighted by molar-refractivity contribution is -0.394. The second-order valence-corrected chi connectivity index (χ2v) is 11.3. The zero-order valence-corrected chi connectivity index (χ0v) is 18.3. The Labute approximate surface area is 184 Å². The SMILES string of the molecule is CNS(=O)(=O)c1ccc(NC(=O)C23CC4CC(C2)CC(n2cnc([N+](=O)[O-])n2)(C4)C3)cc1. The zero-order valence-electron chi connectivity index (χ0n) is 17.5. The van der Waals surface area contributed by atoms with Crippen molar-refractivity contribution in [2.24, 2.45) is 17.3 Å². The Kier molecular flexibility index (Phi) is 4.64. The smallest absolute Gasteiger partial charge is 0.390 e. The van der Waals surface area contributed by atoms with E-state index < -0.39 is 31.8 Å². The van der Waals surface area contributed by atoms with Crippen LogP contribution in [-0.4, -0.2) is 41.1 Å². The van der Waals surface area contributed by atoms with Gasteiger partial charge in [-0.3, -0.25) is 4.79 Å². The third-order valence-electron chi connectivity index (χ3n) is 7.33. The number of carbonyl (C=O) groups excluding carboxylic acids is 1. The molecule has 1 aromatic heterocycles. The van der Waals surface area contributed by atoms with Crippen molar-refractivity contribution in [3.05, 3.63) is 40.7 Å². The molecule has 2 atom stereocenters. The van der Waals surface area contributed by atoms with Crippen molar-refractivity contribution in [3.8, 4) is 0 Å². The molecule has 1 heterocycles. The van der Waals surface area contributed by atoms with E-state index in [9.17, 15) is 23.3 Å². The average Bonchev–Trinajstić information content (AvgIpc) is 3.25. The summed E-state index contributed by atoms with van der Waals surface area (Å²) in [5.41, 5.74) is -0.486. The molecular weight excluding hydrogens is 436 g/mol. The van der Waals surface area contributed by atoms with Gasteiger partial charge in [0.15, 0.2) is 0 Å². The highest BCUT2D eigenvalue weighted by Gasteiger charge is 2.62. The standard InChI is InChI=1S/C20H24N6O5S/c1-21-32(30,31)16-4-2-15(3-5-16)23-17(27)19-7-13-6-14(8-19)10-20(9-13,11-19)25-12-22-18(24-25)26(28)29/h2-5,12-14,21H,6-11H2,1H3,(H,23,27). The molecule has 4 aliphatic carbocycles. The van der Waals surface area contributed by atoms with Crippen LogP contribution in [0.2, 0.25) is 0 Å². The minimum atomic E-state index is -3.55.